The Morgan fingerprint density at radius 1 is 1.62 bits per heavy atom. The first kappa shape index (κ1) is 8.26. The zero-order valence-electron chi connectivity index (χ0n) is 6.99. The molecule has 0 fully saturated rings. The number of imidazole rings is 1. The molecule has 0 radical (unpaired) electrons. The summed E-state index contributed by atoms with van der Waals surface area (Å²) in [4.78, 5) is 15.1. The Morgan fingerprint density at radius 2 is 2.38 bits per heavy atom. The fourth-order valence-corrected chi connectivity index (χ4v) is 1.28. The van der Waals surface area contributed by atoms with Gasteiger partial charge in [0.05, 0.1) is 0 Å². The van der Waals surface area contributed by atoms with Gasteiger partial charge < -0.3 is 4.40 Å². The van der Waals surface area contributed by atoms with Gasteiger partial charge in [0.25, 0.3) is 0 Å². The van der Waals surface area contributed by atoms with Crippen molar-refractivity contribution in [1.82, 2.24) is 9.38 Å². The normalized spacial score (nSPS) is 10.6. The fourth-order valence-electron chi connectivity index (χ4n) is 1.13. The van der Waals surface area contributed by atoms with Crippen molar-refractivity contribution < 1.29 is 4.79 Å². The second-order valence-corrected chi connectivity index (χ2v) is 3.23. The Labute approximate surface area is 80.0 Å². The van der Waals surface area contributed by atoms with E-state index in [-0.39, 0.29) is 5.78 Å². The lowest BCUT2D eigenvalue weighted by molar-refractivity contribution is 0.101. The zero-order valence-corrected chi connectivity index (χ0v) is 7.75. The fraction of sp³-hybridized carbons (Fsp3) is 0.111. The molecule has 0 saturated carbocycles. The smallest absolute Gasteiger partial charge is 0.179 e. The third kappa shape index (κ3) is 1.42. The number of Topliss-reactive ketones (excluding diaryl/α,β-unsaturated/α-hetero) is 1. The van der Waals surface area contributed by atoms with Crippen LogP contribution in [0.4, 0.5) is 0 Å². The molecule has 0 atom stereocenters. The van der Waals surface area contributed by atoms with E-state index in [2.05, 4.69) is 4.98 Å². The van der Waals surface area contributed by atoms with Crippen LogP contribution in [0.1, 0.15) is 17.4 Å². The molecule has 0 bridgehead atoms. The van der Waals surface area contributed by atoms with Gasteiger partial charge >= 0.3 is 0 Å². The van der Waals surface area contributed by atoms with E-state index < -0.39 is 0 Å². The van der Waals surface area contributed by atoms with Gasteiger partial charge in [-0.05, 0) is 6.07 Å². The molecular formula is C9H7ClN2O. The van der Waals surface area contributed by atoms with Crippen LogP contribution in [0, 0.1) is 0 Å². The van der Waals surface area contributed by atoms with Crippen LogP contribution in [0.25, 0.3) is 5.65 Å². The minimum atomic E-state index is -0.0418. The van der Waals surface area contributed by atoms with Crippen LogP contribution in [0.5, 0.6) is 0 Å². The molecule has 0 amide bonds. The number of halogens is 1. The van der Waals surface area contributed by atoms with E-state index in [9.17, 15) is 4.79 Å². The molecule has 0 aliphatic heterocycles. The van der Waals surface area contributed by atoms with E-state index in [1.165, 1.54) is 6.92 Å². The van der Waals surface area contributed by atoms with Gasteiger partial charge in [-0.3, -0.25) is 4.79 Å². The number of carbonyl (C=O) groups excluding carboxylic acids is 1. The van der Waals surface area contributed by atoms with Crippen LogP contribution in [0.2, 0.25) is 5.02 Å². The lowest BCUT2D eigenvalue weighted by Crippen LogP contribution is -1.89. The Hall–Kier alpha value is -1.35. The van der Waals surface area contributed by atoms with E-state index in [0.29, 0.717) is 16.4 Å². The highest BCUT2D eigenvalue weighted by molar-refractivity contribution is 6.30. The standard InChI is InChI=1S/C9H7ClN2O/c1-6(13)8-5-12-3-2-7(10)4-9(12)11-8/h2-5H,1H3. The van der Waals surface area contributed by atoms with Crippen molar-refractivity contribution in [2.45, 2.75) is 6.92 Å². The van der Waals surface area contributed by atoms with Gasteiger partial charge in [0.15, 0.2) is 5.78 Å². The van der Waals surface area contributed by atoms with E-state index in [0.717, 1.165) is 0 Å². The quantitative estimate of drug-likeness (QED) is 0.653. The predicted molar refractivity (Wildman–Crippen MR) is 50.2 cm³/mol. The van der Waals surface area contributed by atoms with Crippen LogP contribution < -0.4 is 0 Å². The summed E-state index contributed by atoms with van der Waals surface area (Å²) in [5.74, 6) is -0.0418. The van der Waals surface area contributed by atoms with E-state index in [1.807, 2.05) is 0 Å². The minimum Gasteiger partial charge on any atom is -0.306 e. The molecule has 0 aromatic carbocycles. The summed E-state index contributed by atoms with van der Waals surface area (Å²) < 4.78 is 1.77. The molecule has 0 saturated heterocycles. The first-order valence-electron chi connectivity index (χ1n) is 3.82. The summed E-state index contributed by atoms with van der Waals surface area (Å²) in [6.45, 7) is 1.49. The van der Waals surface area contributed by atoms with Crippen molar-refractivity contribution in [3.63, 3.8) is 0 Å². The molecule has 4 heteroatoms. The highest BCUT2D eigenvalue weighted by Gasteiger charge is 2.05. The highest BCUT2D eigenvalue weighted by atomic mass is 35.5. The number of pyridine rings is 1. The second kappa shape index (κ2) is 2.85. The second-order valence-electron chi connectivity index (χ2n) is 2.79. The van der Waals surface area contributed by atoms with Gasteiger partial charge in [-0.2, -0.15) is 0 Å². The number of carbonyl (C=O) groups is 1. The van der Waals surface area contributed by atoms with Crippen molar-refractivity contribution in [3.8, 4) is 0 Å². The molecule has 2 aromatic heterocycles. The third-order valence-corrected chi connectivity index (χ3v) is 2.02. The van der Waals surface area contributed by atoms with Crippen molar-refractivity contribution >= 4 is 23.0 Å². The lowest BCUT2D eigenvalue weighted by Gasteiger charge is -1.90. The molecule has 3 nitrogen and oxygen atoms in total. The molecule has 0 spiro atoms. The number of fused-ring (bicyclic) bond motifs is 1. The molecule has 0 unspecified atom stereocenters. The monoisotopic (exact) mass is 194 g/mol. The van der Waals surface area contributed by atoms with Gasteiger partial charge in [0.2, 0.25) is 0 Å². The lowest BCUT2D eigenvalue weighted by atomic mass is 10.3. The average molecular weight is 195 g/mol. The van der Waals surface area contributed by atoms with Gasteiger partial charge in [0.1, 0.15) is 11.3 Å². The number of hydrogen-bond acceptors (Lipinski definition) is 2. The molecule has 66 valence electrons. The van der Waals surface area contributed by atoms with Crippen LogP contribution in [0.15, 0.2) is 24.5 Å². The summed E-state index contributed by atoms with van der Waals surface area (Å²) in [5, 5.41) is 0.619. The molecule has 2 rings (SSSR count). The summed E-state index contributed by atoms with van der Waals surface area (Å²) in [5.41, 5.74) is 1.15. The van der Waals surface area contributed by atoms with Crippen molar-refractivity contribution in [2.24, 2.45) is 0 Å². The number of nitrogens with zero attached hydrogens (tertiary/aromatic N) is 2. The maximum absolute atomic E-state index is 11.0. The molecule has 0 aliphatic carbocycles. The van der Waals surface area contributed by atoms with E-state index in [4.69, 9.17) is 11.6 Å². The SMILES string of the molecule is CC(=O)c1cn2ccc(Cl)cc2n1. The Morgan fingerprint density at radius 3 is 3.08 bits per heavy atom. The molecular weight excluding hydrogens is 188 g/mol. The summed E-state index contributed by atoms with van der Waals surface area (Å²) in [6.07, 6.45) is 3.46. The van der Waals surface area contributed by atoms with Crippen molar-refractivity contribution in [3.05, 3.63) is 35.2 Å². The predicted octanol–water partition coefficient (Wildman–Crippen LogP) is 2.19. The van der Waals surface area contributed by atoms with E-state index >= 15 is 0 Å². The molecule has 2 heterocycles. The maximum atomic E-state index is 11.0. The largest absolute Gasteiger partial charge is 0.306 e. The van der Waals surface area contributed by atoms with Crippen LogP contribution in [-0.2, 0) is 0 Å². The van der Waals surface area contributed by atoms with Gasteiger partial charge in [0, 0.05) is 30.4 Å². The Kier molecular flexibility index (Phi) is 1.81. The van der Waals surface area contributed by atoms with Crippen molar-refractivity contribution in [1.29, 1.82) is 0 Å². The first-order valence-corrected chi connectivity index (χ1v) is 4.20. The molecule has 2 aromatic rings. The molecule has 0 N–H and O–H groups in total. The van der Waals surface area contributed by atoms with Gasteiger partial charge in [-0.15, -0.1) is 0 Å². The van der Waals surface area contributed by atoms with Crippen LogP contribution in [0.3, 0.4) is 0 Å². The highest BCUT2D eigenvalue weighted by Crippen LogP contribution is 2.12. The number of aromatic nitrogens is 2. The number of rotatable bonds is 1. The Bertz CT molecular complexity index is 475. The molecule has 0 aliphatic rings. The van der Waals surface area contributed by atoms with Crippen LogP contribution >= 0.6 is 11.6 Å². The first-order chi connectivity index (χ1) is 6.16. The van der Waals surface area contributed by atoms with Gasteiger partial charge in [-0.25, -0.2) is 4.98 Å². The summed E-state index contributed by atoms with van der Waals surface area (Å²) >= 11 is 5.77. The topological polar surface area (TPSA) is 34.4 Å². The Balaban J connectivity index is 2.68. The number of hydrogen-bond donors (Lipinski definition) is 0. The third-order valence-electron chi connectivity index (χ3n) is 1.78. The summed E-state index contributed by atoms with van der Waals surface area (Å²) in [6, 6.07) is 3.47. The molecule has 13 heavy (non-hydrogen) atoms. The number of ketones is 1. The van der Waals surface area contributed by atoms with Gasteiger partial charge in [-0.1, -0.05) is 11.6 Å². The van der Waals surface area contributed by atoms with Crippen molar-refractivity contribution in [2.75, 3.05) is 0 Å². The average Bonchev–Trinajstić information content (AvgIpc) is 2.46. The van der Waals surface area contributed by atoms with Crippen LogP contribution in [-0.4, -0.2) is 15.2 Å². The summed E-state index contributed by atoms with van der Waals surface area (Å²) in [7, 11) is 0. The zero-order chi connectivity index (χ0) is 9.42. The van der Waals surface area contributed by atoms with E-state index in [1.54, 1.807) is 28.9 Å². The minimum absolute atomic E-state index is 0.0418. The maximum Gasteiger partial charge on any atom is 0.179 e.